The maximum Gasteiger partial charge on any atom is 0.270 e. The zero-order valence-corrected chi connectivity index (χ0v) is 17.0. The first-order valence-corrected chi connectivity index (χ1v) is 10.6. The Balaban J connectivity index is 1.28. The number of aliphatic hydroxyl groups excluding tert-OH is 1. The summed E-state index contributed by atoms with van der Waals surface area (Å²) in [6, 6.07) is 17.5. The van der Waals surface area contributed by atoms with Gasteiger partial charge in [-0.25, -0.2) is 9.97 Å². The van der Waals surface area contributed by atoms with Gasteiger partial charge >= 0.3 is 0 Å². The van der Waals surface area contributed by atoms with E-state index in [1.165, 1.54) is 0 Å². The van der Waals surface area contributed by atoms with E-state index in [0.29, 0.717) is 24.0 Å². The van der Waals surface area contributed by atoms with Crippen LogP contribution >= 0.6 is 0 Å². The van der Waals surface area contributed by atoms with Crippen molar-refractivity contribution in [3.8, 4) is 0 Å². The molecule has 6 nitrogen and oxygen atoms in total. The molecule has 2 N–H and O–H groups in total. The molecule has 1 saturated heterocycles. The molecule has 2 aliphatic rings. The standard InChI is InChI=1S/C24H26N4O2/c1-15-5-4-8-20(25-15)24(30)27-21-11-17-13-28(14-18(17)12-22(21)29)23-10-9-16-6-2-3-7-19(16)26-23/h2-10,17-18,21-22,29H,11-14H2,1H3,(H,27,30)/t17-,18+,21-,22-/m0/s1. The summed E-state index contributed by atoms with van der Waals surface area (Å²) in [5.41, 5.74) is 2.21. The summed E-state index contributed by atoms with van der Waals surface area (Å²) < 4.78 is 0. The minimum absolute atomic E-state index is 0.216. The second-order valence-electron chi connectivity index (χ2n) is 8.57. The van der Waals surface area contributed by atoms with E-state index in [4.69, 9.17) is 4.98 Å². The van der Waals surface area contributed by atoms with Crippen LogP contribution in [0.15, 0.2) is 54.6 Å². The Morgan fingerprint density at radius 3 is 2.63 bits per heavy atom. The molecule has 1 amide bonds. The van der Waals surface area contributed by atoms with Crippen molar-refractivity contribution in [1.82, 2.24) is 15.3 Å². The van der Waals surface area contributed by atoms with Crippen molar-refractivity contribution in [3.05, 3.63) is 66.0 Å². The molecule has 1 aromatic carbocycles. The largest absolute Gasteiger partial charge is 0.391 e. The molecule has 3 heterocycles. The van der Waals surface area contributed by atoms with E-state index < -0.39 is 6.10 Å². The number of para-hydroxylation sites is 1. The van der Waals surface area contributed by atoms with Gasteiger partial charge in [-0.3, -0.25) is 4.79 Å². The fourth-order valence-electron chi connectivity index (χ4n) is 4.92. The van der Waals surface area contributed by atoms with E-state index in [-0.39, 0.29) is 11.9 Å². The molecule has 4 atom stereocenters. The second-order valence-corrected chi connectivity index (χ2v) is 8.57. The van der Waals surface area contributed by atoms with Crippen LogP contribution in [0, 0.1) is 18.8 Å². The van der Waals surface area contributed by atoms with E-state index in [9.17, 15) is 9.90 Å². The van der Waals surface area contributed by atoms with Crippen LogP contribution in [-0.2, 0) is 0 Å². The molecule has 0 unspecified atom stereocenters. The van der Waals surface area contributed by atoms with Gasteiger partial charge in [0.25, 0.3) is 5.91 Å². The number of nitrogens with one attached hydrogen (secondary N) is 1. The zero-order valence-electron chi connectivity index (χ0n) is 17.0. The smallest absolute Gasteiger partial charge is 0.270 e. The molecule has 3 aromatic rings. The summed E-state index contributed by atoms with van der Waals surface area (Å²) in [5, 5.41) is 14.9. The highest BCUT2D eigenvalue weighted by molar-refractivity contribution is 5.92. The van der Waals surface area contributed by atoms with Gasteiger partial charge in [0.05, 0.1) is 17.7 Å². The number of aliphatic hydroxyl groups is 1. The maximum atomic E-state index is 12.6. The van der Waals surface area contributed by atoms with Crippen molar-refractivity contribution in [3.63, 3.8) is 0 Å². The molecule has 0 bridgehead atoms. The number of hydrogen-bond donors (Lipinski definition) is 2. The fourth-order valence-corrected chi connectivity index (χ4v) is 4.92. The lowest BCUT2D eigenvalue weighted by Gasteiger charge is -2.35. The lowest BCUT2D eigenvalue weighted by molar-refractivity contribution is 0.0460. The van der Waals surface area contributed by atoms with Crippen LogP contribution < -0.4 is 10.2 Å². The molecule has 1 saturated carbocycles. The van der Waals surface area contributed by atoms with Gasteiger partial charge in [0, 0.05) is 24.2 Å². The van der Waals surface area contributed by atoms with Gasteiger partial charge in [-0.05, 0) is 61.9 Å². The van der Waals surface area contributed by atoms with E-state index >= 15 is 0 Å². The number of fused-ring (bicyclic) bond motifs is 2. The lowest BCUT2D eigenvalue weighted by atomic mass is 9.77. The molecular formula is C24H26N4O2. The molecule has 30 heavy (non-hydrogen) atoms. The molecule has 2 aromatic heterocycles. The van der Waals surface area contributed by atoms with Crippen molar-refractivity contribution in [2.45, 2.75) is 31.9 Å². The van der Waals surface area contributed by atoms with Crippen LogP contribution in [0.25, 0.3) is 10.9 Å². The molecule has 2 fully saturated rings. The van der Waals surface area contributed by atoms with Gasteiger partial charge in [0.15, 0.2) is 0 Å². The average Bonchev–Trinajstić information content (AvgIpc) is 3.16. The summed E-state index contributed by atoms with van der Waals surface area (Å²) in [4.78, 5) is 24.1. The molecule has 0 spiro atoms. The topological polar surface area (TPSA) is 78.4 Å². The first kappa shape index (κ1) is 19.0. The van der Waals surface area contributed by atoms with E-state index in [0.717, 1.165) is 41.9 Å². The highest BCUT2D eigenvalue weighted by Gasteiger charge is 2.42. The highest BCUT2D eigenvalue weighted by atomic mass is 16.3. The van der Waals surface area contributed by atoms with Crippen LogP contribution in [-0.4, -0.2) is 46.2 Å². The van der Waals surface area contributed by atoms with Crippen LogP contribution in [0.2, 0.25) is 0 Å². The Labute approximate surface area is 176 Å². The number of hydrogen-bond acceptors (Lipinski definition) is 5. The summed E-state index contributed by atoms with van der Waals surface area (Å²) in [5.74, 6) is 1.62. The summed E-state index contributed by atoms with van der Waals surface area (Å²) >= 11 is 0. The number of aryl methyl sites for hydroxylation is 1. The number of pyridine rings is 2. The molecule has 1 aliphatic carbocycles. The van der Waals surface area contributed by atoms with Crippen molar-refractivity contribution >= 4 is 22.6 Å². The van der Waals surface area contributed by atoms with Crippen molar-refractivity contribution in [2.24, 2.45) is 11.8 Å². The maximum absolute atomic E-state index is 12.6. The Bertz CT molecular complexity index is 1090. The van der Waals surface area contributed by atoms with Crippen LogP contribution in [0.3, 0.4) is 0 Å². The average molecular weight is 402 g/mol. The third kappa shape index (κ3) is 3.63. The first-order chi connectivity index (χ1) is 14.6. The molecule has 0 radical (unpaired) electrons. The van der Waals surface area contributed by atoms with Crippen LogP contribution in [0.1, 0.15) is 29.0 Å². The fraction of sp³-hybridized carbons (Fsp3) is 0.375. The van der Waals surface area contributed by atoms with Crippen LogP contribution in [0.4, 0.5) is 5.82 Å². The van der Waals surface area contributed by atoms with E-state index in [1.807, 2.05) is 37.3 Å². The number of amides is 1. The van der Waals surface area contributed by atoms with E-state index in [2.05, 4.69) is 33.4 Å². The van der Waals surface area contributed by atoms with Crippen molar-refractivity contribution in [1.29, 1.82) is 0 Å². The van der Waals surface area contributed by atoms with Gasteiger partial charge in [-0.15, -0.1) is 0 Å². The van der Waals surface area contributed by atoms with Gasteiger partial charge in [0.1, 0.15) is 11.5 Å². The van der Waals surface area contributed by atoms with Gasteiger partial charge in [-0.1, -0.05) is 24.3 Å². The van der Waals surface area contributed by atoms with Gasteiger partial charge < -0.3 is 15.3 Å². The van der Waals surface area contributed by atoms with Crippen molar-refractivity contribution in [2.75, 3.05) is 18.0 Å². The molecule has 1 aliphatic heterocycles. The zero-order chi connectivity index (χ0) is 20.7. The number of rotatable bonds is 3. The molecular weight excluding hydrogens is 376 g/mol. The third-order valence-corrected chi connectivity index (χ3v) is 6.49. The number of carbonyl (C=O) groups is 1. The first-order valence-electron chi connectivity index (χ1n) is 10.6. The quantitative estimate of drug-likeness (QED) is 0.704. The Morgan fingerprint density at radius 1 is 1.00 bits per heavy atom. The minimum Gasteiger partial charge on any atom is -0.391 e. The third-order valence-electron chi connectivity index (χ3n) is 6.49. The summed E-state index contributed by atoms with van der Waals surface area (Å²) in [6.07, 6.45) is 0.929. The normalized spacial score (nSPS) is 25.9. The predicted molar refractivity (Wildman–Crippen MR) is 116 cm³/mol. The second kappa shape index (κ2) is 7.69. The summed E-state index contributed by atoms with van der Waals surface area (Å²) in [7, 11) is 0. The minimum atomic E-state index is -0.537. The highest BCUT2D eigenvalue weighted by Crippen LogP contribution is 2.38. The number of anilines is 1. The Morgan fingerprint density at radius 2 is 1.80 bits per heavy atom. The SMILES string of the molecule is Cc1cccc(C(=O)N[C@H]2C[C@H]3CN(c4ccc5ccccc5n4)C[C@H]3C[C@@H]2O)n1. The van der Waals surface area contributed by atoms with E-state index in [1.54, 1.807) is 6.07 Å². The number of aromatic nitrogens is 2. The predicted octanol–water partition coefficient (Wildman–Crippen LogP) is 2.94. The number of nitrogens with zero attached hydrogens (tertiary/aromatic N) is 3. The molecule has 154 valence electrons. The van der Waals surface area contributed by atoms with Crippen molar-refractivity contribution < 1.29 is 9.90 Å². The summed E-state index contributed by atoms with van der Waals surface area (Å²) in [6.45, 7) is 3.66. The van der Waals surface area contributed by atoms with Crippen LogP contribution in [0.5, 0.6) is 0 Å². The lowest BCUT2D eigenvalue weighted by Crippen LogP contribution is -2.49. The van der Waals surface area contributed by atoms with Gasteiger partial charge in [0.2, 0.25) is 0 Å². The monoisotopic (exact) mass is 402 g/mol. The Hall–Kier alpha value is -2.99. The Kier molecular flexibility index (Phi) is 4.87. The van der Waals surface area contributed by atoms with Gasteiger partial charge in [-0.2, -0.15) is 0 Å². The molecule has 5 rings (SSSR count). The number of benzene rings is 1. The molecule has 6 heteroatoms. The number of carbonyl (C=O) groups excluding carboxylic acids is 1.